The van der Waals surface area contributed by atoms with E-state index in [-0.39, 0.29) is 24.5 Å². The van der Waals surface area contributed by atoms with Crippen molar-refractivity contribution < 1.29 is 9.53 Å². The van der Waals surface area contributed by atoms with Crippen LogP contribution in [0.2, 0.25) is 5.02 Å². The first-order valence-corrected chi connectivity index (χ1v) is 15.8. The lowest BCUT2D eigenvalue weighted by molar-refractivity contribution is -0.128. The number of fused-ring (bicyclic) bond motifs is 2. The van der Waals surface area contributed by atoms with Gasteiger partial charge in [-0.15, -0.1) is 0 Å². The molecule has 44 heavy (non-hydrogen) atoms. The summed E-state index contributed by atoms with van der Waals surface area (Å²) < 4.78 is 6.32. The maximum Gasteiger partial charge on any atom is 0.318 e. The number of hydrogen-bond acceptors (Lipinski definition) is 8. The molecule has 2 aliphatic heterocycles. The second-order valence-corrected chi connectivity index (χ2v) is 12.4. The standard InChI is InChI=1S/C33H39ClN8O2/c1-5-30(43)42-15-14-41(19-25(42)17-35-3)32-26-12-13-40(29-18-36-16-23-8-6-11-27(34)31(23)29)20-28(26)37-33(38-32)44-21-22(2)39(4)24-9-7-10-24/h5-6,8,11,16,18,22,24-25H,1,7,9-10,12-15,17,19-21H2,2,4H3/t22-,25+/m1/s1. The molecule has 0 N–H and O–H groups in total. The molecule has 4 heterocycles. The third-order valence-corrected chi connectivity index (χ3v) is 9.73. The van der Waals surface area contributed by atoms with E-state index in [9.17, 15) is 4.79 Å². The van der Waals surface area contributed by atoms with E-state index in [2.05, 4.69) is 45.1 Å². The number of aromatic nitrogens is 3. The topological polar surface area (TPSA) is 82.3 Å². The maximum atomic E-state index is 12.6. The lowest BCUT2D eigenvalue weighted by atomic mass is 9.91. The predicted octanol–water partition coefficient (Wildman–Crippen LogP) is 4.61. The van der Waals surface area contributed by atoms with Gasteiger partial charge in [-0.25, -0.2) is 6.57 Å². The normalized spacial score (nSPS) is 19.3. The quantitative estimate of drug-likeness (QED) is 0.255. The van der Waals surface area contributed by atoms with E-state index >= 15 is 0 Å². The molecule has 1 aromatic carbocycles. The SMILES string of the molecule is [C-]#[N+]C[C@H]1CN(c2nc(OC[C@@H](C)N(C)C3CCC3)nc3c2CCN(c2cncc4cccc(Cl)c24)C3)CCN1C(=O)C=C. The first-order valence-electron chi connectivity index (χ1n) is 15.4. The van der Waals surface area contributed by atoms with E-state index in [0.29, 0.717) is 49.9 Å². The van der Waals surface area contributed by atoms with Crippen LogP contribution in [0.1, 0.15) is 37.4 Å². The number of pyridine rings is 1. The summed E-state index contributed by atoms with van der Waals surface area (Å²) in [6.07, 6.45) is 9.52. The Hall–Kier alpha value is -3.94. The van der Waals surface area contributed by atoms with Gasteiger partial charge in [-0.1, -0.05) is 36.7 Å². The Bertz CT molecular complexity index is 1580. The highest BCUT2D eigenvalue weighted by atomic mass is 35.5. The number of hydrogen-bond donors (Lipinski definition) is 0. The molecule has 1 saturated heterocycles. The van der Waals surface area contributed by atoms with Crippen molar-refractivity contribution in [3.05, 3.63) is 70.9 Å². The molecule has 3 aromatic rings. The molecule has 0 unspecified atom stereocenters. The van der Waals surface area contributed by atoms with Gasteiger partial charge in [0.1, 0.15) is 18.5 Å². The molecule has 0 spiro atoms. The number of benzene rings is 1. The minimum atomic E-state index is -0.248. The molecule has 2 atom stereocenters. The average Bonchev–Trinajstić information content (AvgIpc) is 3.01. The van der Waals surface area contributed by atoms with Crippen LogP contribution in [0, 0.1) is 6.57 Å². The van der Waals surface area contributed by atoms with Crippen molar-refractivity contribution in [2.75, 3.05) is 56.2 Å². The number of carbonyl (C=O) groups is 1. The molecule has 10 nitrogen and oxygen atoms in total. The predicted molar refractivity (Wildman–Crippen MR) is 173 cm³/mol. The lowest BCUT2D eigenvalue weighted by Crippen LogP contribution is -2.56. The van der Waals surface area contributed by atoms with E-state index in [1.165, 1.54) is 25.3 Å². The first-order chi connectivity index (χ1) is 21.4. The van der Waals surface area contributed by atoms with Crippen molar-refractivity contribution in [2.24, 2.45) is 0 Å². The smallest absolute Gasteiger partial charge is 0.318 e. The highest BCUT2D eigenvalue weighted by molar-refractivity contribution is 6.36. The number of amides is 1. The van der Waals surface area contributed by atoms with Crippen LogP contribution >= 0.6 is 11.6 Å². The van der Waals surface area contributed by atoms with Gasteiger partial charge in [0, 0.05) is 60.8 Å². The summed E-state index contributed by atoms with van der Waals surface area (Å²) in [5, 5.41) is 2.67. The average molecular weight is 615 g/mol. The van der Waals surface area contributed by atoms with Crippen molar-refractivity contribution in [2.45, 2.75) is 57.3 Å². The zero-order valence-electron chi connectivity index (χ0n) is 25.5. The fourth-order valence-electron chi connectivity index (χ4n) is 6.51. The molecule has 6 rings (SSSR count). The number of ether oxygens (including phenoxy) is 1. The Morgan fingerprint density at radius 1 is 1.25 bits per heavy atom. The zero-order valence-corrected chi connectivity index (χ0v) is 26.2. The van der Waals surface area contributed by atoms with Gasteiger partial charge in [0.2, 0.25) is 12.5 Å². The van der Waals surface area contributed by atoms with Crippen molar-refractivity contribution >= 4 is 39.8 Å². The Balaban J connectivity index is 1.32. The van der Waals surface area contributed by atoms with Gasteiger partial charge in [0.25, 0.3) is 0 Å². The van der Waals surface area contributed by atoms with E-state index in [1.54, 1.807) is 4.90 Å². The van der Waals surface area contributed by atoms with Gasteiger partial charge in [0.15, 0.2) is 0 Å². The summed E-state index contributed by atoms with van der Waals surface area (Å²) in [6.45, 7) is 17.0. The minimum absolute atomic E-state index is 0.144. The zero-order chi connectivity index (χ0) is 30.8. The minimum Gasteiger partial charge on any atom is -0.462 e. The van der Waals surface area contributed by atoms with Crippen LogP contribution in [-0.4, -0.2) is 95.2 Å². The first kappa shape index (κ1) is 30.1. The van der Waals surface area contributed by atoms with Crippen LogP contribution in [0.25, 0.3) is 15.6 Å². The summed E-state index contributed by atoms with van der Waals surface area (Å²) >= 11 is 6.68. The van der Waals surface area contributed by atoms with Crippen LogP contribution in [0.4, 0.5) is 11.5 Å². The third-order valence-electron chi connectivity index (χ3n) is 9.42. The lowest BCUT2D eigenvalue weighted by Gasteiger charge is -2.41. The van der Waals surface area contributed by atoms with Gasteiger partial charge in [-0.3, -0.25) is 14.7 Å². The number of likely N-dealkylation sites (N-methyl/N-ethyl adjacent to an activating group) is 1. The number of piperazine rings is 1. The van der Waals surface area contributed by atoms with Crippen molar-refractivity contribution in [3.63, 3.8) is 0 Å². The number of carbonyl (C=O) groups excluding carboxylic acids is 1. The Morgan fingerprint density at radius 3 is 2.84 bits per heavy atom. The van der Waals surface area contributed by atoms with Crippen molar-refractivity contribution in [1.29, 1.82) is 0 Å². The van der Waals surface area contributed by atoms with Crippen LogP contribution in [0.5, 0.6) is 6.01 Å². The molecule has 1 aliphatic carbocycles. The van der Waals surface area contributed by atoms with Gasteiger partial charge >= 0.3 is 6.01 Å². The fourth-order valence-corrected chi connectivity index (χ4v) is 6.79. The Labute approximate surface area is 264 Å². The van der Waals surface area contributed by atoms with Gasteiger partial charge in [0.05, 0.1) is 29.1 Å². The summed E-state index contributed by atoms with van der Waals surface area (Å²) in [4.78, 5) is 39.3. The summed E-state index contributed by atoms with van der Waals surface area (Å²) in [6, 6.07) is 6.82. The largest absolute Gasteiger partial charge is 0.462 e. The molecule has 3 aliphatic rings. The van der Waals surface area contributed by atoms with Crippen LogP contribution in [0.3, 0.4) is 0 Å². The van der Waals surface area contributed by atoms with Crippen molar-refractivity contribution in [1.82, 2.24) is 24.8 Å². The second kappa shape index (κ2) is 13.0. The van der Waals surface area contributed by atoms with Gasteiger partial charge in [-0.05, 0) is 45.4 Å². The molecular weight excluding hydrogens is 576 g/mol. The van der Waals surface area contributed by atoms with Crippen LogP contribution < -0.4 is 14.5 Å². The van der Waals surface area contributed by atoms with E-state index < -0.39 is 0 Å². The summed E-state index contributed by atoms with van der Waals surface area (Å²) in [7, 11) is 2.17. The molecule has 0 radical (unpaired) electrons. The molecular formula is C33H39ClN8O2. The maximum absolute atomic E-state index is 12.6. The number of anilines is 2. The highest BCUT2D eigenvalue weighted by Gasteiger charge is 2.35. The van der Waals surface area contributed by atoms with E-state index in [0.717, 1.165) is 46.5 Å². The van der Waals surface area contributed by atoms with E-state index in [4.69, 9.17) is 32.9 Å². The van der Waals surface area contributed by atoms with E-state index in [1.807, 2.05) is 30.6 Å². The number of rotatable bonds is 9. The molecule has 2 aromatic heterocycles. The highest BCUT2D eigenvalue weighted by Crippen LogP contribution is 2.37. The summed E-state index contributed by atoms with van der Waals surface area (Å²) in [5.74, 6) is 0.689. The third kappa shape index (κ3) is 5.91. The van der Waals surface area contributed by atoms with Crippen LogP contribution in [-0.2, 0) is 17.8 Å². The molecule has 0 bridgehead atoms. The molecule has 1 saturated carbocycles. The second-order valence-electron chi connectivity index (χ2n) is 12.0. The fraction of sp³-hybridized carbons (Fsp3) is 0.485. The molecule has 2 fully saturated rings. The molecule has 11 heteroatoms. The molecule has 230 valence electrons. The van der Waals surface area contributed by atoms with Gasteiger partial charge < -0.3 is 24.3 Å². The molecule has 1 amide bonds. The van der Waals surface area contributed by atoms with Gasteiger partial charge in [-0.2, -0.15) is 9.97 Å². The Morgan fingerprint density at radius 2 is 2.09 bits per heavy atom. The monoisotopic (exact) mass is 614 g/mol. The number of nitrogens with zero attached hydrogens (tertiary/aromatic N) is 8. The number of halogens is 1. The van der Waals surface area contributed by atoms with Crippen LogP contribution in [0.15, 0.2) is 43.2 Å². The van der Waals surface area contributed by atoms with Crippen molar-refractivity contribution in [3.8, 4) is 6.01 Å². The summed E-state index contributed by atoms with van der Waals surface area (Å²) in [5.41, 5.74) is 2.97. The Kier molecular flexibility index (Phi) is 8.87.